The van der Waals surface area contributed by atoms with Gasteiger partial charge in [0.2, 0.25) is 0 Å². The molecular formula is C18H43NOSi2. The second kappa shape index (κ2) is 11.8. The number of unbranched alkanes of at least 4 members (excludes halogenated alkanes) is 7. The first-order valence-electron chi connectivity index (χ1n) is 9.56. The SMILES string of the molecule is CCCCCCCCCCN(CCO[Si](C)(C)C)[Si](C)(C)C. The second-order valence-corrected chi connectivity index (χ2v) is 18.1. The van der Waals surface area contributed by atoms with Crippen molar-refractivity contribution in [1.82, 2.24) is 4.57 Å². The first-order chi connectivity index (χ1) is 10.2. The Labute approximate surface area is 143 Å². The molecule has 0 aromatic carbocycles. The lowest BCUT2D eigenvalue weighted by molar-refractivity contribution is 0.262. The van der Waals surface area contributed by atoms with Crippen molar-refractivity contribution in [2.24, 2.45) is 0 Å². The van der Waals surface area contributed by atoms with E-state index in [1.807, 2.05) is 0 Å². The third-order valence-corrected chi connectivity index (χ3v) is 7.54. The van der Waals surface area contributed by atoms with Crippen molar-refractivity contribution in [2.75, 3.05) is 19.7 Å². The molecule has 0 atom stereocenters. The summed E-state index contributed by atoms with van der Waals surface area (Å²) in [7, 11) is -2.55. The van der Waals surface area contributed by atoms with Gasteiger partial charge in [0.05, 0.1) is 0 Å². The Kier molecular flexibility index (Phi) is 12.0. The Morgan fingerprint density at radius 3 is 1.64 bits per heavy atom. The molecule has 0 aromatic heterocycles. The van der Waals surface area contributed by atoms with E-state index in [2.05, 4.69) is 50.8 Å². The van der Waals surface area contributed by atoms with Gasteiger partial charge in [-0.05, 0) is 32.6 Å². The Balaban J connectivity index is 3.82. The van der Waals surface area contributed by atoms with Gasteiger partial charge in [-0.2, -0.15) is 0 Å². The number of rotatable bonds is 14. The van der Waals surface area contributed by atoms with Gasteiger partial charge in [0.1, 0.15) is 8.24 Å². The maximum absolute atomic E-state index is 6.06. The van der Waals surface area contributed by atoms with Crippen molar-refractivity contribution in [3.63, 3.8) is 0 Å². The Morgan fingerprint density at radius 1 is 0.682 bits per heavy atom. The molecular weight excluding hydrogens is 302 g/mol. The number of hydrogen-bond acceptors (Lipinski definition) is 2. The van der Waals surface area contributed by atoms with Crippen LogP contribution in [0.2, 0.25) is 39.3 Å². The molecule has 0 amide bonds. The van der Waals surface area contributed by atoms with E-state index in [1.54, 1.807) is 0 Å². The van der Waals surface area contributed by atoms with Crippen LogP contribution in [0.25, 0.3) is 0 Å². The van der Waals surface area contributed by atoms with Gasteiger partial charge in [0.25, 0.3) is 0 Å². The molecule has 0 radical (unpaired) electrons. The molecule has 0 aliphatic heterocycles. The standard InChI is InChI=1S/C18H43NOSi2/c1-8-9-10-11-12-13-14-15-16-19(21(2,3)4)17-18-20-22(5,6)7/h8-18H2,1-7H3. The van der Waals surface area contributed by atoms with E-state index in [0.717, 1.165) is 13.2 Å². The monoisotopic (exact) mass is 345 g/mol. The van der Waals surface area contributed by atoms with Crippen LogP contribution in [-0.2, 0) is 4.43 Å². The second-order valence-electron chi connectivity index (χ2n) is 8.59. The minimum absolute atomic E-state index is 0.928. The molecule has 0 saturated heterocycles. The van der Waals surface area contributed by atoms with Crippen molar-refractivity contribution >= 4 is 16.6 Å². The molecule has 0 aromatic rings. The highest BCUT2D eigenvalue weighted by atomic mass is 28.4. The Hall–Kier alpha value is 0.354. The van der Waals surface area contributed by atoms with Gasteiger partial charge < -0.3 is 8.99 Å². The molecule has 22 heavy (non-hydrogen) atoms. The summed E-state index contributed by atoms with van der Waals surface area (Å²) in [4.78, 5) is 0. The summed E-state index contributed by atoms with van der Waals surface area (Å²) in [6, 6.07) is 0. The molecule has 2 nitrogen and oxygen atoms in total. The maximum Gasteiger partial charge on any atom is 0.183 e. The van der Waals surface area contributed by atoms with Crippen LogP contribution in [-0.4, -0.2) is 40.8 Å². The highest BCUT2D eigenvalue weighted by molar-refractivity contribution is 6.73. The van der Waals surface area contributed by atoms with Crippen molar-refractivity contribution < 1.29 is 4.43 Å². The number of hydrogen-bond donors (Lipinski definition) is 0. The van der Waals surface area contributed by atoms with E-state index in [-0.39, 0.29) is 0 Å². The van der Waals surface area contributed by atoms with Gasteiger partial charge in [-0.15, -0.1) is 0 Å². The lowest BCUT2D eigenvalue weighted by Crippen LogP contribution is -2.48. The molecule has 0 saturated carbocycles. The topological polar surface area (TPSA) is 12.5 Å². The van der Waals surface area contributed by atoms with Crippen LogP contribution in [0.4, 0.5) is 0 Å². The van der Waals surface area contributed by atoms with Gasteiger partial charge in [-0.3, -0.25) is 0 Å². The van der Waals surface area contributed by atoms with Crippen LogP contribution in [0.15, 0.2) is 0 Å². The largest absolute Gasteiger partial charge is 0.416 e. The fourth-order valence-electron chi connectivity index (χ4n) is 2.68. The molecule has 0 aliphatic carbocycles. The third-order valence-electron chi connectivity index (χ3n) is 4.13. The summed E-state index contributed by atoms with van der Waals surface area (Å²) < 4.78 is 8.80. The summed E-state index contributed by atoms with van der Waals surface area (Å²) >= 11 is 0. The van der Waals surface area contributed by atoms with E-state index >= 15 is 0 Å². The van der Waals surface area contributed by atoms with Crippen molar-refractivity contribution in [3.05, 3.63) is 0 Å². The minimum atomic E-state index is -1.35. The van der Waals surface area contributed by atoms with Crippen LogP contribution in [0.3, 0.4) is 0 Å². The molecule has 0 unspecified atom stereocenters. The van der Waals surface area contributed by atoms with E-state index in [0.29, 0.717) is 0 Å². The molecule has 0 spiro atoms. The highest BCUT2D eigenvalue weighted by Crippen LogP contribution is 2.14. The summed E-state index contributed by atoms with van der Waals surface area (Å²) in [5.74, 6) is 0. The molecule has 0 N–H and O–H groups in total. The predicted molar refractivity (Wildman–Crippen MR) is 107 cm³/mol. The van der Waals surface area contributed by atoms with Gasteiger partial charge in [-0.1, -0.05) is 71.5 Å². The van der Waals surface area contributed by atoms with Gasteiger partial charge in [0.15, 0.2) is 8.32 Å². The van der Waals surface area contributed by atoms with E-state index < -0.39 is 16.6 Å². The molecule has 134 valence electrons. The molecule has 0 aliphatic rings. The van der Waals surface area contributed by atoms with Crippen molar-refractivity contribution in [2.45, 2.75) is 97.6 Å². The first-order valence-corrected chi connectivity index (χ1v) is 16.4. The van der Waals surface area contributed by atoms with E-state index in [9.17, 15) is 0 Å². The smallest absolute Gasteiger partial charge is 0.183 e. The van der Waals surface area contributed by atoms with Crippen LogP contribution in [0.5, 0.6) is 0 Å². The third kappa shape index (κ3) is 14.0. The van der Waals surface area contributed by atoms with Crippen molar-refractivity contribution in [1.29, 1.82) is 0 Å². The van der Waals surface area contributed by atoms with Crippen molar-refractivity contribution in [3.8, 4) is 0 Å². The zero-order chi connectivity index (χ0) is 17.1. The van der Waals surface area contributed by atoms with Crippen LogP contribution >= 0.6 is 0 Å². The summed E-state index contributed by atoms with van der Waals surface area (Å²) in [6.07, 6.45) is 11.3. The van der Waals surface area contributed by atoms with Crippen LogP contribution in [0.1, 0.15) is 58.3 Å². The quantitative estimate of drug-likeness (QED) is 0.278. The van der Waals surface area contributed by atoms with Gasteiger partial charge >= 0.3 is 0 Å². The lowest BCUT2D eigenvalue weighted by Gasteiger charge is -2.35. The molecule has 4 heteroatoms. The normalized spacial score (nSPS) is 13.1. The van der Waals surface area contributed by atoms with Gasteiger partial charge in [0, 0.05) is 13.2 Å². The molecule has 0 heterocycles. The summed E-state index contributed by atoms with van der Waals surface area (Å²) in [5, 5.41) is 0. The first kappa shape index (κ1) is 22.4. The molecule has 0 rings (SSSR count). The average Bonchev–Trinajstić information content (AvgIpc) is 2.37. The summed E-state index contributed by atoms with van der Waals surface area (Å²) in [6.45, 7) is 19.9. The number of nitrogens with zero attached hydrogens (tertiary/aromatic N) is 1. The fraction of sp³-hybridized carbons (Fsp3) is 1.00. The van der Waals surface area contributed by atoms with E-state index in [4.69, 9.17) is 4.43 Å². The van der Waals surface area contributed by atoms with Gasteiger partial charge in [-0.25, -0.2) is 0 Å². The minimum Gasteiger partial charge on any atom is -0.416 e. The lowest BCUT2D eigenvalue weighted by atomic mass is 10.1. The highest BCUT2D eigenvalue weighted by Gasteiger charge is 2.23. The Bertz CT molecular complexity index is 259. The zero-order valence-electron chi connectivity index (χ0n) is 16.6. The van der Waals surface area contributed by atoms with Crippen LogP contribution < -0.4 is 0 Å². The Morgan fingerprint density at radius 2 is 1.18 bits per heavy atom. The van der Waals surface area contributed by atoms with E-state index in [1.165, 1.54) is 57.9 Å². The zero-order valence-corrected chi connectivity index (χ0v) is 18.6. The average molecular weight is 346 g/mol. The molecule has 0 bridgehead atoms. The predicted octanol–water partition coefficient (Wildman–Crippen LogP) is 6.12. The molecule has 0 fully saturated rings. The summed E-state index contributed by atoms with van der Waals surface area (Å²) in [5.41, 5.74) is 0. The maximum atomic E-state index is 6.06. The fourth-order valence-corrected chi connectivity index (χ4v) is 4.98. The van der Waals surface area contributed by atoms with Crippen LogP contribution in [0, 0.1) is 0 Å².